The molecule has 0 bridgehead atoms. The topological polar surface area (TPSA) is 48.6 Å². The van der Waals surface area contributed by atoms with Crippen molar-refractivity contribution in [2.45, 2.75) is 84.3 Å². The molecule has 0 amide bonds. The minimum Gasteiger partial charge on any atom is -0.467 e. The van der Waals surface area contributed by atoms with E-state index in [1.807, 2.05) is 6.20 Å². The van der Waals surface area contributed by atoms with Crippen LogP contribution >= 0.6 is 0 Å². The SMILES string of the molecule is Cc1cc(Oc2ccc3c4cc(C)ccc4n(-c4cc(C(C)(C)C)ccn4)c3c2)cc(C2=N[C@H](C3CCCCC3)[C@@H](c3ccccc3)O2)c1. The van der Waals surface area contributed by atoms with E-state index in [4.69, 9.17) is 19.5 Å². The highest BCUT2D eigenvalue weighted by Gasteiger charge is 2.38. The molecule has 3 heterocycles. The summed E-state index contributed by atoms with van der Waals surface area (Å²) in [5.74, 6) is 3.70. The number of benzene rings is 4. The van der Waals surface area contributed by atoms with E-state index in [2.05, 4.69) is 136 Å². The van der Waals surface area contributed by atoms with Crippen molar-refractivity contribution in [2.24, 2.45) is 10.9 Å². The normalized spacial score (nSPS) is 18.5. The van der Waals surface area contributed by atoms with E-state index in [-0.39, 0.29) is 17.6 Å². The van der Waals surface area contributed by atoms with Crippen molar-refractivity contribution in [1.82, 2.24) is 9.55 Å². The number of aliphatic imine (C=N–C) groups is 1. The summed E-state index contributed by atoms with van der Waals surface area (Å²) in [7, 11) is 0. The molecule has 1 aliphatic heterocycles. The van der Waals surface area contributed by atoms with Crippen LogP contribution in [0.5, 0.6) is 11.5 Å². The van der Waals surface area contributed by atoms with Gasteiger partial charge in [-0.3, -0.25) is 4.57 Å². The summed E-state index contributed by atoms with van der Waals surface area (Å²) in [6.07, 6.45) is 8.15. The number of fused-ring (bicyclic) bond motifs is 3. The lowest BCUT2D eigenvalue weighted by Crippen LogP contribution is -2.25. The Morgan fingerprint density at radius 2 is 1.55 bits per heavy atom. The van der Waals surface area contributed by atoms with E-state index < -0.39 is 0 Å². The maximum absolute atomic E-state index is 6.74. The van der Waals surface area contributed by atoms with Crippen LogP contribution in [0.25, 0.3) is 27.6 Å². The van der Waals surface area contributed by atoms with Gasteiger partial charge in [-0.05, 0) is 109 Å². The number of pyridine rings is 1. The van der Waals surface area contributed by atoms with Gasteiger partial charge in [0.05, 0.1) is 17.1 Å². The highest BCUT2D eigenvalue weighted by atomic mass is 16.5. The number of ether oxygens (including phenoxy) is 2. The van der Waals surface area contributed by atoms with Crippen molar-refractivity contribution in [1.29, 1.82) is 0 Å². The number of aryl methyl sites for hydroxylation is 2. The molecule has 248 valence electrons. The van der Waals surface area contributed by atoms with E-state index in [0.29, 0.717) is 11.8 Å². The fourth-order valence-electron chi connectivity index (χ4n) is 7.80. The van der Waals surface area contributed by atoms with Crippen LogP contribution in [-0.2, 0) is 10.2 Å². The van der Waals surface area contributed by atoms with Crippen LogP contribution in [0.15, 0.2) is 108 Å². The molecule has 5 nitrogen and oxygen atoms in total. The molecular weight excluding hydrogens is 603 g/mol. The molecule has 4 aromatic carbocycles. The maximum atomic E-state index is 6.74. The Hall–Kier alpha value is -4.90. The smallest absolute Gasteiger partial charge is 0.217 e. The maximum Gasteiger partial charge on any atom is 0.217 e. The van der Waals surface area contributed by atoms with Crippen LogP contribution in [0.2, 0.25) is 0 Å². The zero-order valence-corrected chi connectivity index (χ0v) is 29.2. The van der Waals surface area contributed by atoms with Crippen LogP contribution < -0.4 is 4.74 Å². The van der Waals surface area contributed by atoms with Gasteiger partial charge in [0, 0.05) is 28.6 Å². The number of hydrogen-bond donors (Lipinski definition) is 0. The molecule has 2 aromatic heterocycles. The van der Waals surface area contributed by atoms with E-state index in [1.165, 1.54) is 59.6 Å². The van der Waals surface area contributed by atoms with Crippen LogP contribution in [0.1, 0.15) is 86.8 Å². The second-order valence-electron chi connectivity index (χ2n) is 15.1. The monoisotopic (exact) mass is 647 g/mol. The summed E-state index contributed by atoms with van der Waals surface area (Å²) in [5.41, 5.74) is 7.94. The van der Waals surface area contributed by atoms with E-state index >= 15 is 0 Å². The number of aromatic nitrogens is 2. The molecule has 1 aliphatic carbocycles. The van der Waals surface area contributed by atoms with Gasteiger partial charge >= 0.3 is 0 Å². The van der Waals surface area contributed by atoms with Gasteiger partial charge in [0.1, 0.15) is 23.4 Å². The Balaban J connectivity index is 1.16. The Kier molecular flexibility index (Phi) is 8.02. The molecule has 0 radical (unpaired) electrons. The third kappa shape index (κ3) is 6.12. The molecule has 2 aliphatic rings. The van der Waals surface area contributed by atoms with Crippen LogP contribution in [0.4, 0.5) is 0 Å². The highest BCUT2D eigenvalue weighted by Crippen LogP contribution is 2.41. The Labute approximate surface area is 289 Å². The van der Waals surface area contributed by atoms with Crippen molar-refractivity contribution >= 4 is 27.7 Å². The fraction of sp³-hybridized carbons (Fsp3) is 0.318. The summed E-state index contributed by atoms with van der Waals surface area (Å²) in [4.78, 5) is 10.2. The summed E-state index contributed by atoms with van der Waals surface area (Å²) >= 11 is 0. The molecule has 2 atom stereocenters. The van der Waals surface area contributed by atoms with Gasteiger partial charge in [-0.2, -0.15) is 0 Å². The highest BCUT2D eigenvalue weighted by molar-refractivity contribution is 6.09. The first-order valence-electron chi connectivity index (χ1n) is 17.8. The summed E-state index contributed by atoms with van der Waals surface area (Å²) < 4.78 is 15.7. The predicted molar refractivity (Wildman–Crippen MR) is 200 cm³/mol. The van der Waals surface area contributed by atoms with Gasteiger partial charge in [-0.1, -0.05) is 82.0 Å². The van der Waals surface area contributed by atoms with Gasteiger partial charge in [-0.15, -0.1) is 0 Å². The zero-order valence-electron chi connectivity index (χ0n) is 29.2. The Morgan fingerprint density at radius 3 is 2.35 bits per heavy atom. The van der Waals surface area contributed by atoms with Crippen molar-refractivity contribution in [3.05, 3.63) is 131 Å². The molecule has 1 fully saturated rings. The summed E-state index contributed by atoms with van der Waals surface area (Å²) in [6.45, 7) is 11.0. The number of rotatable bonds is 6. The molecule has 1 saturated carbocycles. The molecule has 0 N–H and O–H groups in total. The quantitative estimate of drug-likeness (QED) is 0.181. The average molecular weight is 648 g/mol. The standard InChI is InChI=1S/C44H45N3O2/c1-28-16-19-38-37(24-28)36-18-17-34(27-39(36)47(38)40-26-33(20-21-45-40)44(3,4)5)48-35-23-29(2)22-32(25-35)43-46-41(30-12-8-6-9-13-30)42(49-43)31-14-10-7-11-15-31/h7,10-11,14-27,30,41-42H,6,8-9,12-13H2,1-5H3/t41-,42-/m1/s1. The van der Waals surface area contributed by atoms with Crippen LogP contribution in [-0.4, -0.2) is 21.5 Å². The Morgan fingerprint density at radius 1 is 0.735 bits per heavy atom. The van der Waals surface area contributed by atoms with Gasteiger partial charge in [0.15, 0.2) is 0 Å². The Bertz CT molecular complexity index is 2180. The predicted octanol–water partition coefficient (Wildman–Crippen LogP) is 11.4. The molecule has 0 spiro atoms. The lowest BCUT2D eigenvalue weighted by molar-refractivity contribution is 0.150. The second kappa shape index (κ2) is 12.5. The van der Waals surface area contributed by atoms with Crippen LogP contribution in [0, 0.1) is 19.8 Å². The molecule has 0 unspecified atom stereocenters. The second-order valence-corrected chi connectivity index (χ2v) is 15.1. The van der Waals surface area contributed by atoms with E-state index in [1.54, 1.807) is 0 Å². The van der Waals surface area contributed by atoms with Crippen molar-refractivity contribution in [3.8, 4) is 17.3 Å². The van der Waals surface area contributed by atoms with E-state index in [9.17, 15) is 0 Å². The largest absolute Gasteiger partial charge is 0.467 e. The lowest BCUT2D eigenvalue weighted by atomic mass is 9.81. The number of hydrogen-bond acceptors (Lipinski definition) is 4. The van der Waals surface area contributed by atoms with E-state index in [0.717, 1.165) is 39.5 Å². The fourth-order valence-corrected chi connectivity index (χ4v) is 7.80. The van der Waals surface area contributed by atoms with Crippen molar-refractivity contribution < 1.29 is 9.47 Å². The summed E-state index contributed by atoms with van der Waals surface area (Å²) in [6, 6.07) is 34.4. The molecular formula is C44H45N3O2. The summed E-state index contributed by atoms with van der Waals surface area (Å²) in [5, 5.41) is 2.38. The first kappa shape index (κ1) is 31.4. The minimum atomic E-state index is -0.0671. The zero-order chi connectivity index (χ0) is 33.7. The van der Waals surface area contributed by atoms with Gasteiger partial charge in [0.2, 0.25) is 5.90 Å². The number of nitrogens with zero attached hydrogens (tertiary/aromatic N) is 3. The third-order valence-electron chi connectivity index (χ3n) is 10.3. The molecule has 6 aromatic rings. The minimum absolute atomic E-state index is 0.00898. The lowest BCUT2D eigenvalue weighted by Gasteiger charge is -2.28. The first-order chi connectivity index (χ1) is 23.7. The van der Waals surface area contributed by atoms with Gasteiger partial charge in [0.25, 0.3) is 0 Å². The first-order valence-corrected chi connectivity index (χ1v) is 17.8. The molecule has 49 heavy (non-hydrogen) atoms. The third-order valence-corrected chi connectivity index (χ3v) is 10.3. The average Bonchev–Trinajstić information content (AvgIpc) is 3.68. The molecule has 0 saturated heterocycles. The molecule has 8 rings (SSSR count). The van der Waals surface area contributed by atoms with Gasteiger partial charge in [-0.25, -0.2) is 9.98 Å². The van der Waals surface area contributed by atoms with Crippen molar-refractivity contribution in [3.63, 3.8) is 0 Å². The van der Waals surface area contributed by atoms with Crippen molar-refractivity contribution in [2.75, 3.05) is 0 Å². The van der Waals surface area contributed by atoms with Crippen LogP contribution in [0.3, 0.4) is 0 Å². The molecule has 5 heteroatoms. The van der Waals surface area contributed by atoms with Gasteiger partial charge < -0.3 is 9.47 Å².